The van der Waals surface area contributed by atoms with E-state index in [2.05, 4.69) is 5.32 Å². The van der Waals surface area contributed by atoms with Gasteiger partial charge in [-0.15, -0.1) is 0 Å². The molecule has 0 fully saturated rings. The maximum atomic E-state index is 11.0. The third kappa shape index (κ3) is 4.84. The van der Waals surface area contributed by atoms with Gasteiger partial charge in [-0.25, -0.2) is 0 Å². The molecule has 1 atom stereocenters. The fraction of sp³-hybridized carbons (Fsp3) is 0.333. The smallest absolute Gasteiger partial charge is 0.321 e. The van der Waals surface area contributed by atoms with Gasteiger partial charge in [0.2, 0.25) is 0 Å². The van der Waals surface area contributed by atoms with Crippen LogP contribution in [-0.4, -0.2) is 39.8 Å². The maximum Gasteiger partial charge on any atom is 0.321 e. The lowest BCUT2D eigenvalue weighted by atomic mass is 10.1. The molecule has 6 heteroatoms. The van der Waals surface area contributed by atoms with Crippen LogP contribution in [-0.2, 0) is 16.0 Å². The van der Waals surface area contributed by atoms with Gasteiger partial charge in [0.1, 0.15) is 11.8 Å². The number of aliphatic carboxylic acids is 2. The lowest BCUT2D eigenvalue weighted by molar-refractivity contribution is -0.140. The van der Waals surface area contributed by atoms with E-state index in [-0.39, 0.29) is 25.1 Å². The minimum atomic E-state index is -1.03. The Morgan fingerprint density at radius 2 is 1.78 bits per heavy atom. The highest BCUT2D eigenvalue weighted by molar-refractivity contribution is 5.74. The minimum absolute atomic E-state index is 0.102. The molecule has 0 bridgehead atoms. The molecule has 0 spiro atoms. The van der Waals surface area contributed by atoms with Gasteiger partial charge in [0.25, 0.3) is 0 Å². The van der Waals surface area contributed by atoms with Crippen LogP contribution in [0, 0.1) is 0 Å². The first-order valence-electron chi connectivity index (χ1n) is 5.45. The molecule has 1 aromatic carbocycles. The van der Waals surface area contributed by atoms with Crippen molar-refractivity contribution < 1.29 is 24.9 Å². The zero-order valence-electron chi connectivity index (χ0n) is 9.67. The van der Waals surface area contributed by atoms with Crippen LogP contribution in [0.1, 0.15) is 12.0 Å². The summed E-state index contributed by atoms with van der Waals surface area (Å²) in [7, 11) is 0. The third-order valence-electron chi connectivity index (χ3n) is 2.40. The standard InChI is InChI=1S/C12H15NO5/c14-9-3-1-8(2-4-9)7-10(12(17)18)13-6-5-11(15)16/h1-4,10,13-14H,5-7H2,(H,15,16)(H,17,18)/t10-/m0/s1. The number of phenols is 1. The first-order chi connectivity index (χ1) is 8.49. The molecule has 0 unspecified atom stereocenters. The molecule has 0 heterocycles. The number of nitrogens with one attached hydrogen (secondary N) is 1. The van der Waals surface area contributed by atoms with Gasteiger partial charge in [0.05, 0.1) is 6.42 Å². The Bertz CT molecular complexity index is 415. The molecule has 0 aliphatic carbocycles. The third-order valence-corrected chi connectivity index (χ3v) is 2.40. The van der Waals surface area contributed by atoms with Gasteiger partial charge in [0, 0.05) is 6.54 Å². The molecule has 4 N–H and O–H groups in total. The van der Waals surface area contributed by atoms with Gasteiger partial charge in [-0.3, -0.25) is 9.59 Å². The fourth-order valence-electron chi connectivity index (χ4n) is 1.47. The normalized spacial score (nSPS) is 12.0. The van der Waals surface area contributed by atoms with Crippen molar-refractivity contribution in [2.24, 2.45) is 0 Å². The first kappa shape index (κ1) is 14.0. The predicted molar refractivity (Wildman–Crippen MR) is 63.5 cm³/mol. The van der Waals surface area contributed by atoms with Crippen molar-refractivity contribution in [3.63, 3.8) is 0 Å². The Labute approximate surface area is 104 Å². The molecule has 0 aromatic heterocycles. The highest BCUT2D eigenvalue weighted by Crippen LogP contribution is 2.11. The Morgan fingerprint density at radius 3 is 2.28 bits per heavy atom. The molecule has 1 aromatic rings. The highest BCUT2D eigenvalue weighted by Gasteiger charge is 2.17. The van der Waals surface area contributed by atoms with Gasteiger partial charge >= 0.3 is 11.9 Å². The number of aromatic hydroxyl groups is 1. The van der Waals surface area contributed by atoms with Gasteiger partial charge in [0.15, 0.2) is 0 Å². The molecule has 18 heavy (non-hydrogen) atoms. The Morgan fingerprint density at radius 1 is 1.17 bits per heavy atom. The van der Waals surface area contributed by atoms with Crippen molar-refractivity contribution in [1.82, 2.24) is 5.32 Å². The largest absolute Gasteiger partial charge is 0.508 e. The zero-order valence-corrected chi connectivity index (χ0v) is 9.67. The summed E-state index contributed by atoms with van der Waals surface area (Å²) in [6.45, 7) is 0.102. The zero-order chi connectivity index (χ0) is 13.5. The average Bonchev–Trinajstić information content (AvgIpc) is 2.30. The number of phenolic OH excluding ortho intramolecular Hbond substituents is 1. The molecule has 0 saturated heterocycles. The van der Waals surface area contributed by atoms with Crippen LogP contribution in [0.15, 0.2) is 24.3 Å². The van der Waals surface area contributed by atoms with Gasteiger partial charge in [-0.05, 0) is 24.1 Å². The van der Waals surface area contributed by atoms with E-state index in [9.17, 15) is 9.59 Å². The highest BCUT2D eigenvalue weighted by atomic mass is 16.4. The van der Waals surface area contributed by atoms with Crippen LogP contribution in [0.3, 0.4) is 0 Å². The van der Waals surface area contributed by atoms with E-state index in [0.717, 1.165) is 5.56 Å². The number of benzene rings is 1. The molecule has 0 aliphatic rings. The van der Waals surface area contributed by atoms with Gasteiger partial charge in [-0.1, -0.05) is 12.1 Å². The average molecular weight is 253 g/mol. The van der Waals surface area contributed by atoms with Crippen LogP contribution in [0.25, 0.3) is 0 Å². The Kier molecular flexibility index (Phi) is 5.13. The minimum Gasteiger partial charge on any atom is -0.508 e. The Balaban J connectivity index is 2.54. The van der Waals surface area contributed by atoms with Crippen LogP contribution in [0.5, 0.6) is 5.75 Å². The predicted octanol–water partition coefficient (Wildman–Crippen LogP) is 0.452. The van der Waals surface area contributed by atoms with Crippen molar-refractivity contribution in [2.45, 2.75) is 18.9 Å². The van der Waals surface area contributed by atoms with Crippen molar-refractivity contribution in [1.29, 1.82) is 0 Å². The number of carboxylic acid groups (broad SMARTS) is 2. The van der Waals surface area contributed by atoms with E-state index in [1.165, 1.54) is 12.1 Å². The summed E-state index contributed by atoms with van der Waals surface area (Å²) in [6.07, 6.45) is 0.106. The second kappa shape index (κ2) is 6.61. The van der Waals surface area contributed by atoms with E-state index in [1.807, 2.05) is 0 Å². The van der Waals surface area contributed by atoms with Crippen molar-refractivity contribution in [2.75, 3.05) is 6.54 Å². The van der Waals surface area contributed by atoms with E-state index >= 15 is 0 Å². The number of hydrogen-bond acceptors (Lipinski definition) is 4. The number of hydrogen-bond donors (Lipinski definition) is 4. The number of carbonyl (C=O) groups is 2. The summed E-state index contributed by atoms with van der Waals surface area (Å²) in [6, 6.07) is 5.37. The molecule has 98 valence electrons. The second-order valence-electron chi connectivity index (χ2n) is 3.86. The summed E-state index contributed by atoms with van der Waals surface area (Å²) in [4.78, 5) is 21.3. The Hall–Kier alpha value is -2.08. The first-order valence-corrected chi connectivity index (χ1v) is 5.45. The number of carboxylic acids is 2. The van der Waals surface area contributed by atoms with Crippen LogP contribution in [0.4, 0.5) is 0 Å². The molecule has 6 nitrogen and oxygen atoms in total. The molecule has 0 amide bonds. The molecule has 0 saturated carbocycles. The van der Waals surface area contributed by atoms with Crippen LogP contribution < -0.4 is 5.32 Å². The van der Waals surface area contributed by atoms with E-state index in [0.29, 0.717) is 0 Å². The quantitative estimate of drug-likeness (QED) is 0.562. The summed E-state index contributed by atoms with van der Waals surface area (Å²) >= 11 is 0. The van der Waals surface area contributed by atoms with Crippen LogP contribution in [0.2, 0.25) is 0 Å². The summed E-state index contributed by atoms with van der Waals surface area (Å²) in [5.41, 5.74) is 0.753. The van der Waals surface area contributed by atoms with Gasteiger partial charge < -0.3 is 20.6 Å². The second-order valence-corrected chi connectivity index (χ2v) is 3.86. The van der Waals surface area contributed by atoms with Gasteiger partial charge in [-0.2, -0.15) is 0 Å². The lowest BCUT2D eigenvalue weighted by Crippen LogP contribution is -2.39. The molecular formula is C12H15NO5. The summed E-state index contributed by atoms with van der Waals surface area (Å²) in [5.74, 6) is -1.89. The summed E-state index contributed by atoms with van der Waals surface area (Å²) < 4.78 is 0. The fourth-order valence-corrected chi connectivity index (χ4v) is 1.47. The SMILES string of the molecule is O=C(O)CCN[C@@H](Cc1ccc(O)cc1)C(=O)O. The monoisotopic (exact) mass is 253 g/mol. The summed E-state index contributed by atoms with van der Waals surface area (Å²) in [5, 5.41) is 29.2. The molecule has 0 aliphatic heterocycles. The lowest BCUT2D eigenvalue weighted by Gasteiger charge is -2.13. The number of rotatable bonds is 7. The molecule has 1 rings (SSSR count). The van der Waals surface area contributed by atoms with E-state index in [1.54, 1.807) is 12.1 Å². The van der Waals surface area contributed by atoms with Crippen molar-refractivity contribution >= 4 is 11.9 Å². The van der Waals surface area contributed by atoms with Crippen molar-refractivity contribution in [3.05, 3.63) is 29.8 Å². The van der Waals surface area contributed by atoms with E-state index < -0.39 is 18.0 Å². The van der Waals surface area contributed by atoms with Crippen molar-refractivity contribution in [3.8, 4) is 5.75 Å². The maximum absolute atomic E-state index is 11.0. The molecular weight excluding hydrogens is 238 g/mol. The van der Waals surface area contributed by atoms with Crippen LogP contribution >= 0.6 is 0 Å². The van der Waals surface area contributed by atoms with E-state index in [4.69, 9.17) is 15.3 Å². The topological polar surface area (TPSA) is 107 Å². The molecule has 0 radical (unpaired) electrons.